The van der Waals surface area contributed by atoms with Gasteiger partial charge in [-0.2, -0.15) is 11.3 Å². The highest BCUT2D eigenvalue weighted by Gasteiger charge is 2.20. The van der Waals surface area contributed by atoms with Gasteiger partial charge in [0.1, 0.15) is 11.8 Å². The van der Waals surface area contributed by atoms with Crippen LogP contribution in [-0.2, 0) is 0 Å². The Labute approximate surface area is 119 Å². The van der Waals surface area contributed by atoms with Crippen molar-refractivity contribution in [2.24, 2.45) is 5.84 Å². The predicted molar refractivity (Wildman–Crippen MR) is 79.4 cm³/mol. The van der Waals surface area contributed by atoms with Gasteiger partial charge in [-0.15, -0.1) is 0 Å². The normalized spacial score (nSPS) is 13.0. The maximum Gasteiger partial charge on any atom is 0.152 e. The third-order valence-corrected chi connectivity index (χ3v) is 4.35. The van der Waals surface area contributed by atoms with Gasteiger partial charge in [0, 0.05) is 5.39 Å². The molecular weight excluding hydrogens is 280 g/mol. The van der Waals surface area contributed by atoms with Gasteiger partial charge >= 0.3 is 0 Å². The zero-order valence-corrected chi connectivity index (χ0v) is 11.9. The van der Waals surface area contributed by atoms with Crippen LogP contribution in [-0.4, -0.2) is 0 Å². The number of furan rings is 1. The lowest BCUT2D eigenvalue weighted by atomic mass is 10.0. The van der Waals surface area contributed by atoms with Gasteiger partial charge in [-0.05, 0) is 40.9 Å². The summed E-state index contributed by atoms with van der Waals surface area (Å²) < 4.78 is 5.86. The zero-order chi connectivity index (χ0) is 13.4. The molecule has 1 aromatic carbocycles. The van der Waals surface area contributed by atoms with E-state index in [1.807, 2.05) is 24.3 Å². The van der Waals surface area contributed by atoms with E-state index in [-0.39, 0.29) is 6.04 Å². The molecule has 0 bridgehead atoms. The van der Waals surface area contributed by atoms with E-state index in [1.165, 1.54) is 5.56 Å². The maximum atomic E-state index is 6.13. The van der Waals surface area contributed by atoms with Crippen LogP contribution in [0.15, 0.2) is 39.4 Å². The van der Waals surface area contributed by atoms with E-state index in [9.17, 15) is 0 Å². The van der Waals surface area contributed by atoms with Crippen LogP contribution in [0, 0.1) is 6.92 Å². The Morgan fingerprint density at radius 1 is 1.37 bits per heavy atom. The molecule has 0 saturated carbocycles. The van der Waals surface area contributed by atoms with Crippen LogP contribution in [0.1, 0.15) is 22.9 Å². The Morgan fingerprint density at radius 3 is 2.84 bits per heavy atom. The molecule has 0 aliphatic heterocycles. The fraction of sp³-hybridized carbons (Fsp3) is 0.143. The molecule has 0 radical (unpaired) electrons. The Balaban J connectivity index is 2.12. The van der Waals surface area contributed by atoms with E-state index in [1.54, 1.807) is 11.3 Å². The lowest BCUT2D eigenvalue weighted by Gasteiger charge is -2.13. The molecule has 3 N–H and O–H groups in total. The molecule has 3 rings (SSSR count). The number of rotatable bonds is 3. The highest BCUT2D eigenvalue weighted by Crippen LogP contribution is 2.33. The number of hydrogen-bond acceptors (Lipinski definition) is 4. The Kier molecular flexibility index (Phi) is 3.33. The fourth-order valence-corrected chi connectivity index (χ4v) is 3.28. The number of halogens is 1. The highest BCUT2D eigenvalue weighted by atomic mass is 35.5. The summed E-state index contributed by atoms with van der Waals surface area (Å²) in [5.74, 6) is 6.46. The Morgan fingerprint density at radius 2 is 2.21 bits per heavy atom. The predicted octanol–water partition coefficient (Wildman–Crippen LogP) is 4.01. The maximum absolute atomic E-state index is 6.13. The number of hydrazine groups is 1. The van der Waals surface area contributed by atoms with E-state index >= 15 is 0 Å². The molecule has 98 valence electrons. The molecule has 0 aliphatic carbocycles. The minimum atomic E-state index is -0.158. The molecule has 2 aromatic heterocycles. The van der Waals surface area contributed by atoms with Crippen molar-refractivity contribution in [3.8, 4) is 0 Å². The van der Waals surface area contributed by atoms with Crippen LogP contribution >= 0.6 is 22.9 Å². The molecule has 3 nitrogen and oxygen atoms in total. The number of nitrogens with two attached hydrogens (primary N) is 1. The van der Waals surface area contributed by atoms with Crippen molar-refractivity contribution in [1.82, 2.24) is 5.43 Å². The van der Waals surface area contributed by atoms with E-state index in [4.69, 9.17) is 21.9 Å². The molecule has 0 fully saturated rings. The van der Waals surface area contributed by atoms with Crippen LogP contribution in [0.25, 0.3) is 11.0 Å². The molecule has 2 heterocycles. The van der Waals surface area contributed by atoms with Crippen LogP contribution < -0.4 is 11.3 Å². The number of aryl methyl sites for hydroxylation is 1. The lowest BCUT2D eigenvalue weighted by molar-refractivity contribution is 0.477. The minimum Gasteiger partial charge on any atom is -0.457 e. The second-order valence-corrected chi connectivity index (χ2v) is 5.57. The highest BCUT2D eigenvalue weighted by molar-refractivity contribution is 7.08. The summed E-state index contributed by atoms with van der Waals surface area (Å²) in [5.41, 5.74) is 5.83. The van der Waals surface area contributed by atoms with Crippen LogP contribution in [0.3, 0.4) is 0 Å². The molecule has 3 aromatic rings. The van der Waals surface area contributed by atoms with E-state index in [0.717, 1.165) is 16.7 Å². The zero-order valence-electron chi connectivity index (χ0n) is 10.3. The molecule has 0 saturated heterocycles. The summed E-state index contributed by atoms with van der Waals surface area (Å²) in [6.45, 7) is 2.06. The molecular formula is C14H13ClN2OS. The molecule has 1 unspecified atom stereocenters. The number of nitrogens with one attached hydrogen (secondary N) is 1. The SMILES string of the molecule is Cc1cscc1C(NN)c1cc2cccc(Cl)c2o1. The third kappa shape index (κ3) is 2.17. The van der Waals surface area contributed by atoms with Crippen molar-refractivity contribution in [3.63, 3.8) is 0 Å². The smallest absolute Gasteiger partial charge is 0.152 e. The summed E-state index contributed by atoms with van der Waals surface area (Å²) >= 11 is 7.78. The van der Waals surface area contributed by atoms with Crippen molar-refractivity contribution in [1.29, 1.82) is 0 Å². The summed E-state index contributed by atoms with van der Waals surface area (Å²) in [6.07, 6.45) is 0. The van der Waals surface area contributed by atoms with Gasteiger partial charge in [0.2, 0.25) is 0 Å². The van der Waals surface area contributed by atoms with E-state index in [0.29, 0.717) is 10.6 Å². The fourth-order valence-electron chi connectivity index (χ4n) is 2.18. The number of para-hydroxylation sites is 1. The molecule has 19 heavy (non-hydrogen) atoms. The minimum absolute atomic E-state index is 0.158. The third-order valence-electron chi connectivity index (χ3n) is 3.17. The van der Waals surface area contributed by atoms with Crippen molar-refractivity contribution in [2.75, 3.05) is 0 Å². The van der Waals surface area contributed by atoms with Gasteiger partial charge in [-0.3, -0.25) is 5.84 Å². The van der Waals surface area contributed by atoms with Gasteiger partial charge < -0.3 is 4.42 Å². The first-order valence-corrected chi connectivity index (χ1v) is 7.19. The van der Waals surface area contributed by atoms with Crippen LogP contribution in [0.5, 0.6) is 0 Å². The van der Waals surface area contributed by atoms with E-state index < -0.39 is 0 Å². The average molecular weight is 293 g/mol. The largest absolute Gasteiger partial charge is 0.457 e. The van der Waals surface area contributed by atoms with Gasteiger partial charge in [-0.1, -0.05) is 23.7 Å². The molecule has 0 amide bonds. The van der Waals surface area contributed by atoms with Gasteiger partial charge in [0.15, 0.2) is 5.58 Å². The van der Waals surface area contributed by atoms with Crippen molar-refractivity contribution in [3.05, 3.63) is 56.9 Å². The first-order chi connectivity index (χ1) is 9.20. The monoisotopic (exact) mass is 292 g/mol. The summed E-state index contributed by atoms with van der Waals surface area (Å²) in [5, 5.41) is 5.77. The molecule has 5 heteroatoms. The number of hydrogen-bond donors (Lipinski definition) is 2. The van der Waals surface area contributed by atoms with Crippen molar-refractivity contribution >= 4 is 33.9 Å². The lowest BCUT2D eigenvalue weighted by Crippen LogP contribution is -2.28. The Bertz CT molecular complexity index is 719. The number of benzene rings is 1. The quantitative estimate of drug-likeness (QED) is 0.566. The summed E-state index contributed by atoms with van der Waals surface area (Å²) in [7, 11) is 0. The Hall–Kier alpha value is -1.33. The van der Waals surface area contributed by atoms with Gasteiger partial charge in [0.25, 0.3) is 0 Å². The van der Waals surface area contributed by atoms with Crippen LogP contribution in [0.2, 0.25) is 5.02 Å². The van der Waals surface area contributed by atoms with Crippen LogP contribution in [0.4, 0.5) is 0 Å². The van der Waals surface area contributed by atoms with Crippen molar-refractivity contribution in [2.45, 2.75) is 13.0 Å². The standard InChI is InChI=1S/C14H13ClN2OS/c1-8-6-19-7-10(8)13(17-16)12-5-9-3-2-4-11(15)14(9)18-12/h2-7,13,17H,16H2,1H3. The second-order valence-electron chi connectivity index (χ2n) is 4.42. The number of fused-ring (bicyclic) bond motifs is 1. The topological polar surface area (TPSA) is 51.2 Å². The molecule has 1 atom stereocenters. The van der Waals surface area contributed by atoms with E-state index in [2.05, 4.69) is 23.1 Å². The summed E-state index contributed by atoms with van der Waals surface area (Å²) in [6, 6.07) is 7.52. The molecule has 0 spiro atoms. The van der Waals surface area contributed by atoms with Gasteiger partial charge in [0.05, 0.1) is 5.02 Å². The average Bonchev–Trinajstić information content (AvgIpc) is 2.99. The van der Waals surface area contributed by atoms with Crippen molar-refractivity contribution < 1.29 is 4.42 Å². The van der Waals surface area contributed by atoms with Gasteiger partial charge in [-0.25, -0.2) is 5.43 Å². The molecule has 0 aliphatic rings. The number of thiophene rings is 1. The first-order valence-electron chi connectivity index (χ1n) is 5.87. The summed E-state index contributed by atoms with van der Waals surface area (Å²) in [4.78, 5) is 0. The second kappa shape index (κ2) is 4.98. The first kappa shape index (κ1) is 12.7.